The first-order chi connectivity index (χ1) is 13.0. The van der Waals surface area contributed by atoms with Crippen LogP contribution in [0.3, 0.4) is 0 Å². The monoisotopic (exact) mass is 392 g/mol. The van der Waals surface area contributed by atoms with Gasteiger partial charge in [-0.25, -0.2) is 0 Å². The number of para-hydroxylation sites is 2. The van der Waals surface area contributed by atoms with E-state index in [1.165, 1.54) is 19.4 Å². The van der Waals surface area contributed by atoms with Gasteiger partial charge >= 0.3 is 0 Å². The fraction of sp³-hybridized carbons (Fsp3) is 0.368. The van der Waals surface area contributed by atoms with E-state index < -0.39 is 16.0 Å². The standard InChI is InChI=1S/C19H24N2O5S/c1-4-9-26-18-11-20-14(10-16(18)22)12-27(24)13(2)19(23)21-15-7-5-6-8-17(15)25-3/h5-8,10-11,13H,4,9,12H2,1-3H3,(H,20,22)(H,21,23). The maximum absolute atomic E-state index is 12.5. The summed E-state index contributed by atoms with van der Waals surface area (Å²) >= 11 is 0. The van der Waals surface area contributed by atoms with Crippen LogP contribution in [-0.4, -0.2) is 34.1 Å². The van der Waals surface area contributed by atoms with Crippen LogP contribution in [0.4, 0.5) is 5.69 Å². The summed E-state index contributed by atoms with van der Waals surface area (Å²) in [5.74, 6) is 0.427. The number of amides is 1. The first-order valence-electron chi connectivity index (χ1n) is 8.61. The Kier molecular flexibility index (Phi) is 7.60. The Bertz CT molecular complexity index is 865. The number of hydrogen-bond acceptors (Lipinski definition) is 5. The molecule has 1 amide bonds. The Morgan fingerprint density at radius 3 is 2.70 bits per heavy atom. The minimum absolute atomic E-state index is 0.0593. The van der Waals surface area contributed by atoms with Crippen LogP contribution in [-0.2, 0) is 21.3 Å². The van der Waals surface area contributed by atoms with E-state index in [4.69, 9.17) is 9.47 Å². The van der Waals surface area contributed by atoms with Gasteiger partial charge in [0.2, 0.25) is 11.3 Å². The molecule has 0 fully saturated rings. The topological polar surface area (TPSA) is 97.5 Å². The third-order valence-electron chi connectivity index (χ3n) is 3.82. The van der Waals surface area contributed by atoms with E-state index in [1.807, 2.05) is 6.92 Å². The van der Waals surface area contributed by atoms with Crippen molar-refractivity contribution in [3.05, 3.63) is 52.4 Å². The summed E-state index contributed by atoms with van der Waals surface area (Å²) < 4.78 is 23.0. The van der Waals surface area contributed by atoms with E-state index in [2.05, 4.69) is 10.3 Å². The molecule has 146 valence electrons. The van der Waals surface area contributed by atoms with Crippen LogP contribution in [0.5, 0.6) is 11.5 Å². The molecule has 0 aliphatic rings. The molecule has 0 aliphatic heterocycles. The highest BCUT2D eigenvalue weighted by atomic mass is 32.2. The summed E-state index contributed by atoms with van der Waals surface area (Å²) in [7, 11) is -0.00138. The number of methoxy groups -OCH3 is 1. The number of rotatable bonds is 9. The van der Waals surface area contributed by atoms with E-state index in [9.17, 15) is 13.8 Å². The van der Waals surface area contributed by atoms with Crippen LogP contribution in [0.1, 0.15) is 26.0 Å². The number of anilines is 1. The third kappa shape index (κ3) is 5.68. The van der Waals surface area contributed by atoms with E-state index >= 15 is 0 Å². The first kappa shape index (κ1) is 20.7. The van der Waals surface area contributed by atoms with Crippen LogP contribution in [0, 0.1) is 0 Å². The highest BCUT2D eigenvalue weighted by molar-refractivity contribution is 7.85. The lowest BCUT2D eigenvalue weighted by molar-refractivity contribution is -0.115. The molecule has 7 nitrogen and oxygen atoms in total. The predicted molar refractivity (Wildman–Crippen MR) is 106 cm³/mol. The van der Waals surface area contributed by atoms with Gasteiger partial charge in [-0.1, -0.05) is 19.1 Å². The lowest BCUT2D eigenvalue weighted by Gasteiger charge is -2.14. The molecule has 1 aromatic carbocycles. The van der Waals surface area contributed by atoms with Crippen molar-refractivity contribution >= 4 is 22.4 Å². The summed E-state index contributed by atoms with van der Waals surface area (Å²) in [4.78, 5) is 27.3. The van der Waals surface area contributed by atoms with Gasteiger partial charge in [0.25, 0.3) is 0 Å². The van der Waals surface area contributed by atoms with Crippen molar-refractivity contribution in [3.63, 3.8) is 0 Å². The normalized spacial score (nSPS) is 12.9. The fourth-order valence-corrected chi connectivity index (χ4v) is 3.31. The molecule has 1 heterocycles. The first-order valence-corrected chi connectivity index (χ1v) is 10.00. The molecule has 2 N–H and O–H groups in total. The van der Waals surface area contributed by atoms with Gasteiger partial charge in [-0.05, 0) is 25.5 Å². The Morgan fingerprint density at radius 1 is 1.30 bits per heavy atom. The molecule has 0 saturated carbocycles. The van der Waals surface area contributed by atoms with E-state index in [0.717, 1.165) is 6.42 Å². The Morgan fingerprint density at radius 2 is 2.04 bits per heavy atom. The van der Waals surface area contributed by atoms with Gasteiger partial charge < -0.3 is 19.8 Å². The van der Waals surface area contributed by atoms with Gasteiger partial charge in [0, 0.05) is 28.8 Å². The average molecular weight is 392 g/mol. The number of carbonyl (C=O) groups is 1. The molecule has 0 aliphatic carbocycles. The van der Waals surface area contributed by atoms with Crippen molar-refractivity contribution in [1.82, 2.24) is 4.98 Å². The minimum atomic E-state index is -1.51. The summed E-state index contributed by atoms with van der Waals surface area (Å²) in [6, 6.07) is 8.35. The number of aromatic amines is 1. The number of benzene rings is 1. The Balaban J connectivity index is 2.01. The van der Waals surface area contributed by atoms with Crippen molar-refractivity contribution in [2.45, 2.75) is 31.3 Å². The van der Waals surface area contributed by atoms with Gasteiger partial charge in [0.15, 0.2) is 5.75 Å². The summed E-state index contributed by atoms with van der Waals surface area (Å²) in [6.07, 6.45) is 2.26. The highest BCUT2D eigenvalue weighted by Gasteiger charge is 2.21. The second kappa shape index (κ2) is 9.91. The molecule has 27 heavy (non-hydrogen) atoms. The molecule has 8 heteroatoms. The lowest BCUT2D eigenvalue weighted by atomic mass is 10.3. The molecule has 2 rings (SSSR count). The van der Waals surface area contributed by atoms with Crippen molar-refractivity contribution in [3.8, 4) is 11.5 Å². The maximum Gasteiger partial charge on any atom is 0.239 e. The number of carbonyl (C=O) groups excluding carboxylic acids is 1. The number of hydrogen-bond donors (Lipinski definition) is 2. The van der Waals surface area contributed by atoms with Gasteiger partial charge in [0.1, 0.15) is 11.0 Å². The van der Waals surface area contributed by atoms with Gasteiger partial charge in [-0.3, -0.25) is 13.8 Å². The average Bonchev–Trinajstić information content (AvgIpc) is 2.67. The fourth-order valence-electron chi connectivity index (χ4n) is 2.29. The predicted octanol–water partition coefficient (Wildman–Crippen LogP) is 2.45. The third-order valence-corrected chi connectivity index (χ3v) is 5.42. The van der Waals surface area contributed by atoms with Crippen LogP contribution in [0.2, 0.25) is 0 Å². The van der Waals surface area contributed by atoms with Crippen molar-refractivity contribution in [1.29, 1.82) is 0 Å². The number of ether oxygens (including phenoxy) is 2. The van der Waals surface area contributed by atoms with Gasteiger partial charge in [-0.15, -0.1) is 0 Å². The minimum Gasteiger partial charge on any atom is -0.495 e. The molecular weight excluding hydrogens is 368 g/mol. The van der Waals surface area contributed by atoms with Crippen LogP contribution in [0.25, 0.3) is 0 Å². The molecule has 1 aromatic heterocycles. The highest BCUT2D eigenvalue weighted by Crippen LogP contribution is 2.23. The number of H-pyrrole nitrogens is 1. The van der Waals surface area contributed by atoms with Crippen LogP contribution < -0.4 is 20.2 Å². The second-order valence-electron chi connectivity index (χ2n) is 5.89. The molecule has 2 aromatic rings. The van der Waals surface area contributed by atoms with Crippen LogP contribution in [0.15, 0.2) is 41.3 Å². The molecule has 0 spiro atoms. The van der Waals surface area contributed by atoms with Gasteiger partial charge in [0.05, 0.1) is 25.2 Å². The largest absolute Gasteiger partial charge is 0.495 e. The molecule has 2 unspecified atom stereocenters. The van der Waals surface area contributed by atoms with Crippen molar-refractivity contribution < 1.29 is 18.5 Å². The number of aromatic nitrogens is 1. The number of nitrogens with one attached hydrogen (secondary N) is 2. The maximum atomic E-state index is 12.5. The molecule has 0 saturated heterocycles. The van der Waals surface area contributed by atoms with Gasteiger partial charge in [-0.2, -0.15) is 0 Å². The number of pyridine rings is 1. The van der Waals surface area contributed by atoms with Crippen LogP contribution >= 0.6 is 0 Å². The zero-order chi connectivity index (χ0) is 19.8. The summed E-state index contributed by atoms with van der Waals surface area (Å²) in [6.45, 7) is 3.98. The van der Waals surface area contributed by atoms with E-state index in [1.54, 1.807) is 31.2 Å². The zero-order valence-electron chi connectivity index (χ0n) is 15.6. The van der Waals surface area contributed by atoms with Crippen molar-refractivity contribution in [2.24, 2.45) is 0 Å². The van der Waals surface area contributed by atoms with E-state index in [-0.39, 0.29) is 22.8 Å². The molecule has 0 radical (unpaired) electrons. The lowest BCUT2D eigenvalue weighted by Crippen LogP contribution is -2.30. The SMILES string of the molecule is CCCOc1c[nH]c(CS(=O)C(C)C(=O)Nc2ccccc2OC)cc1=O. The quantitative estimate of drug-likeness (QED) is 0.683. The molecule has 0 bridgehead atoms. The van der Waals surface area contributed by atoms with E-state index in [0.29, 0.717) is 23.7 Å². The summed E-state index contributed by atoms with van der Waals surface area (Å²) in [5.41, 5.74) is 0.721. The van der Waals surface area contributed by atoms with Crippen molar-refractivity contribution in [2.75, 3.05) is 19.0 Å². The molecule has 2 atom stereocenters. The second-order valence-corrected chi connectivity index (χ2v) is 7.65. The Labute approximate surface area is 160 Å². The zero-order valence-corrected chi connectivity index (χ0v) is 16.4. The summed E-state index contributed by atoms with van der Waals surface area (Å²) in [5, 5.41) is 1.95. The molecular formula is C19H24N2O5S. The smallest absolute Gasteiger partial charge is 0.239 e. The Hall–Kier alpha value is -2.61.